The first-order valence-electron chi connectivity index (χ1n) is 4.45. The summed E-state index contributed by atoms with van der Waals surface area (Å²) < 4.78 is 0. The second-order valence-electron chi connectivity index (χ2n) is 3.80. The molecule has 0 saturated heterocycles. The Balaban J connectivity index is 2.62. The van der Waals surface area contributed by atoms with Gasteiger partial charge in [0.25, 0.3) is 0 Å². The molecule has 0 aliphatic heterocycles. The molecule has 0 aromatic carbocycles. The summed E-state index contributed by atoms with van der Waals surface area (Å²) >= 11 is 0. The Morgan fingerprint density at radius 1 is 1.75 bits per heavy atom. The molecule has 0 spiro atoms. The Bertz CT molecular complexity index is 222. The average molecular weight is 164 g/mol. The quantitative estimate of drug-likeness (QED) is 0.464. The van der Waals surface area contributed by atoms with Crippen LogP contribution in [0.15, 0.2) is 11.6 Å². The lowest BCUT2D eigenvalue weighted by Crippen LogP contribution is -2.23. The molecule has 1 N–H and O–H groups in total. The molecule has 1 heteroatoms. The second-order valence-corrected chi connectivity index (χ2v) is 3.80. The highest BCUT2D eigenvalue weighted by Crippen LogP contribution is 2.29. The number of aliphatic hydroxyl groups excluding tert-OH is 1. The highest BCUT2D eigenvalue weighted by Gasteiger charge is 2.23. The van der Waals surface area contributed by atoms with E-state index >= 15 is 0 Å². The van der Waals surface area contributed by atoms with Crippen LogP contribution in [0.2, 0.25) is 0 Å². The molecule has 0 amide bonds. The zero-order valence-corrected chi connectivity index (χ0v) is 7.75. The lowest BCUT2D eigenvalue weighted by Gasteiger charge is -2.26. The molecule has 0 fully saturated rings. The monoisotopic (exact) mass is 164 g/mol. The fourth-order valence-electron chi connectivity index (χ4n) is 1.97. The van der Waals surface area contributed by atoms with Crippen molar-refractivity contribution in [2.24, 2.45) is 11.8 Å². The van der Waals surface area contributed by atoms with E-state index in [0.29, 0.717) is 5.92 Å². The van der Waals surface area contributed by atoms with Gasteiger partial charge in [0.05, 0.1) is 0 Å². The fraction of sp³-hybridized carbons (Fsp3) is 0.636. The Kier molecular flexibility index (Phi) is 2.94. The van der Waals surface area contributed by atoms with Gasteiger partial charge in [0.2, 0.25) is 0 Å². The van der Waals surface area contributed by atoms with Gasteiger partial charge in [-0.25, -0.2) is 0 Å². The maximum atomic E-state index is 9.45. The van der Waals surface area contributed by atoms with E-state index in [1.54, 1.807) is 0 Å². The molecule has 0 aromatic heterocycles. The van der Waals surface area contributed by atoms with Gasteiger partial charge in [-0.2, -0.15) is 0 Å². The predicted octanol–water partition coefficient (Wildman–Crippen LogP) is 1.97. The van der Waals surface area contributed by atoms with Crippen LogP contribution in [0.3, 0.4) is 0 Å². The summed E-state index contributed by atoms with van der Waals surface area (Å²) in [5.41, 5.74) is 1.35. The summed E-state index contributed by atoms with van der Waals surface area (Å²) in [7, 11) is 0. The molecule has 1 aliphatic rings. The molecule has 0 radical (unpaired) electrons. The van der Waals surface area contributed by atoms with Gasteiger partial charge in [0, 0.05) is 5.92 Å². The van der Waals surface area contributed by atoms with Gasteiger partial charge in [-0.05, 0) is 25.7 Å². The van der Waals surface area contributed by atoms with Crippen molar-refractivity contribution in [1.82, 2.24) is 0 Å². The van der Waals surface area contributed by atoms with Crippen LogP contribution in [0.25, 0.3) is 0 Å². The predicted molar refractivity (Wildman–Crippen MR) is 50.5 cm³/mol. The highest BCUT2D eigenvalue weighted by molar-refractivity contribution is 5.10. The van der Waals surface area contributed by atoms with E-state index in [-0.39, 0.29) is 5.92 Å². The lowest BCUT2D eigenvalue weighted by molar-refractivity contribution is 0.143. The van der Waals surface area contributed by atoms with E-state index < -0.39 is 6.10 Å². The molecule has 0 aromatic rings. The largest absolute Gasteiger partial charge is 0.380 e. The third-order valence-corrected chi connectivity index (χ3v) is 2.45. The number of allylic oxidation sites excluding steroid dienone is 2. The van der Waals surface area contributed by atoms with Gasteiger partial charge in [-0.3, -0.25) is 0 Å². The van der Waals surface area contributed by atoms with Crippen LogP contribution >= 0.6 is 0 Å². The lowest BCUT2D eigenvalue weighted by atomic mass is 9.81. The average Bonchev–Trinajstić information content (AvgIpc) is 2.01. The van der Waals surface area contributed by atoms with Crippen molar-refractivity contribution in [2.45, 2.75) is 32.8 Å². The van der Waals surface area contributed by atoms with Crippen LogP contribution in [0.5, 0.6) is 0 Å². The Morgan fingerprint density at radius 2 is 2.42 bits per heavy atom. The number of aliphatic hydroxyl groups is 1. The molecule has 1 rings (SSSR count). The molecular formula is C11H16O. The number of terminal acetylenes is 1. The van der Waals surface area contributed by atoms with E-state index in [0.717, 1.165) is 12.8 Å². The first kappa shape index (κ1) is 9.35. The maximum Gasteiger partial charge on any atom is 0.117 e. The summed E-state index contributed by atoms with van der Waals surface area (Å²) in [5, 5.41) is 9.45. The van der Waals surface area contributed by atoms with Gasteiger partial charge in [0.15, 0.2) is 0 Å². The summed E-state index contributed by atoms with van der Waals surface area (Å²) in [4.78, 5) is 0. The highest BCUT2D eigenvalue weighted by atomic mass is 16.3. The van der Waals surface area contributed by atoms with Crippen LogP contribution in [0.1, 0.15) is 26.7 Å². The normalized spacial score (nSPS) is 32.0. The molecular weight excluding hydrogens is 148 g/mol. The number of hydrogen-bond acceptors (Lipinski definition) is 1. The van der Waals surface area contributed by atoms with Crippen LogP contribution in [0.4, 0.5) is 0 Å². The van der Waals surface area contributed by atoms with Crippen LogP contribution in [-0.4, -0.2) is 11.2 Å². The first-order chi connectivity index (χ1) is 5.63. The zero-order valence-electron chi connectivity index (χ0n) is 7.75. The van der Waals surface area contributed by atoms with Crippen molar-refractivity contribution in [3.63, 3.8) is 0 Å². The van der Waals surface area contributed by atoms with Crippen molar-refractivity contribution >= 4 is 0 Å². The van der Waals surface area contributed by atoms with Crippen molar-refractivity contribution < 1.29 is 5.11 Å². The zero-order chi connectivity index (χ0) is 9.14. The third kappa shape index (κ3) is 2.12. The van der Waals surface area contributed by atoms with E-state index in [2.05, 4.69) is 25.8 Å². The molecule has 0 saturated carbocycles. The van der Waals surface area contributed by atoms with E-state index in [9.17, 15) is 5.11 Å². The smallest absolute Gasteiger partial charge is 0.117 e. The fourth-order valence-corrected chi connectivity index (χ4v) is 1.97. The van der Waals surface area contributed by atoms with Crippen LogP contribution in [0, 0.1) is 24.2 Å². The molecule has 1 nitrogen and oxygen atoms in total. The SMILES string of the molecule is C#CC(O)C1CC(C)=CC(C)C1. The topological polar surface area (TPSA) is 20.2 Å². The molecule has 3 unspecified atom stereocenters. The van der Waals surface area contributed by atoms with Crippen LogP contribution < -0.4 is 0 Å². The Morgan fingerprint density at radius 3 is 2.92 bits per heavy atom. The van der Waals surface area contributed by atoms with Crippen molar-refractivity contribution in [3.05, 3.63) is 11.6 Å². The van der Waals surface area contributed by atoms with E-state index in [1.165, 1.54) is 5.57 Å². The first-order valence-corrected chi connectivity index (χ1v) is 4.45. The summed E-state index contributed by atoms with van der Waals surface area (Å²) in [6.07, 6.45) is 8.85. The van der Waals surface area contributed by atoms with Crippen LogP contribution in [-0.2, 0) is 0 Å². The maximum absolute atomic E-state index is 9.45. The van der Waals surface area contributed by atoms with Gasteiger partial charge >= 0.3 is 0 Å². The molecule has 0 heterocycles. The van der Waals surface area contributed by atoms with Gasteiger partial charge < -0.3 is 5.11 Å². The minimum Gasteiger partial charge on any atom is -0.380 e. The van der Waals surface area contributed by atoms with E-state index in [1.807, 2.05) is 0 Å². The van der Waals surface area contributed by atoms with Gasteiger partial charge in [-0.15, -0.1) is 6.42 Å². The molecule has 66 valence electrons. The molecule has 12 heavy (non-hydrogen) atoms. The van der Waals surface area contributed by atoms with Crippen molar-refractivity contribution in [1.29, 1.82) is 0 Å². The van der Waals surface area contributed by atoms with Gasteiger partial charge in [0.1, 0.15) is 6.10 Å². The molecule has 0 bridgehead atoms. The standard InChI is InChI=1S/C11H16O/c1-4-11(12)10-6-8(2)5-9(3)7-10/h1,5,8,10-12H,6-7H2,2-3H3. The Hall–Kier alpha value is -0.740. The minimum atomic E-state index is -0.559. The second kappa shape index (κ2) is 3.78. The van der Waals surface area contributed by atoms with Crippen molar-refractivity contribution in [3.8, 4) is 12.3 Å². The summed E-state index contributed by atoms with van der Waals surface area (Å²) in [6, 6.07) is 0. The summed E-state index contributed by atoms with van der Waals surface area (Å²) in [6.45, 7) is 4.27. The number of rotatable bonds is 1. The van der Waals surface area contributed by atoms with Crippen molar-refractivity contribution in [2.75, 3.05) is 0 Å². The number of hydrogen-bond donors (Lipinski definition) is 1. The minimum absolute atomic E-state index is 0.273. The molecule has 1 aliphatic carbocycles. The Labute approximate surface area is 74.5 Å². The van der Waals surface area contributed by atoms with E-state index in [4.69, 9.17) is 6.42 Å². The third-order valence-electron chi connectivity index (χ3n) is 2.45. The van der Waals surface area contributed by atoms with Gasteiger partial charge in [-0.1, -0.05) is 24.5 Å². The molecule has 3 atom stereocenters. The summed E-state index contributed by atoms with van der Waals surface area (Å²) in [5.74, 6) is 3.24.